The van der Waals surface area contributed by atoms with E-state index in [1.807, 2.05) is 0 Å². The number of ether oxygens (including phenoxy) is 2. The Morgan fingerprint density at radius 3 is 1.84 bits per heavy atom. The lowest BCUT2D eigenvalue weighted by molar-refractivity contribution is -0.385. The monoisotopic (exact) mass is 691 g/mol. The van der Waals surface area contributed by atoms with E-state index in [0.29, 0.717) is 22.0 Å². The third-order valence-corrected chi connectivity index (χ3v) is 6.90. The molecule has 0 bridgehead atoms. The average molecular weight is 692 g/mol. The number of esters is 2. The molecule has 0 unspecified atom stereocenters. The number of aromatic carboxylic acids is 1. The zero-order chi connectivity index (χ0) is 36.7. The zero-order valence-electron chi connectivity index (χ0n) is 25.8. The summed E-state index contributed by atoms with van der Waals surface area (Å²) in [5.41, 5.74) is -0.425. The predicted molar refractivity (Wildman–Crippen MR) is 169 cm³/mol. The van der Waals surface area contributed by atoms with E-state index in [9.17, 15) is 48.2 Å². The average Bonchev–Trinajstić information content (AvgIpc) is 3.48. The highest BCUT2D eigenvalue weighted by Gasteiger charge is 2.24. The van der Waals surface area contributed by atoms with Gasteiger partial charge in [0.25, 0.3) is 17.3 Å². The number of halogens is 2. The molecule has 5 aromatic rings. The summed E-state index contributed by atoms with van der Waals surface area (Å²) in [6.07, 6.45) is 0.226. The number of aromatic amines is 1. The van der Waals surface area contributed by atoms with Crippen molar-refractivity contribution in [3.8, 4) is 0 Å². The number of carbonyl (C=O) groups is 4. The van der Waals surface area contributed by atoms with Crippen molar-refractivity contribution >= 4 is 51.9 Å². The van der Waals surface area contributed by atoms with Crippen LogP contribution in [0.2, 0.25) is 0 Å². The van der Waals surface area contributed by atoms with Gasteiger partial charge in [0.15, 0.2) is 5.82 Å². The highest BCUT2D eigenvalue weighted by molar-refractivity contribution is 6.10. The van der Waals surface area contributed by atoms with Crippen molar-refractivity contribution in [1.82, 2.24) is 10.2 Å². The molecule has 0 spiro atoms. The van der Waals surface area contributed by atoms with Crippen molar-refractivity contribution in [3.05, 3.63) is 138 Å². The summed E-state index contributed by atoms with van der Waals surface area (Å²) >= 11 is 0. The molecule has 4 aromatic carbocycles. The fourth-order valence-corrected chi connectivity index (χ4v) is 4.62. The van der Waals surface area contributed by atoms with E-state index in [4.69, 9.17) is 5.11 Å². The zero-order valence-corrected chi connectivity index (χ0v) is 25.8. The van der Waals surface area contributed by atoms with Gasteiger partial charge in [-0.2, -0.15) is 5.10 Å². The van der Waals surface area contributed by atoms with E-state index in [0.717, 1.165) is 50.6 Å². The number of carbonyl (C=O) groups excluding carboxylic acids is 3. The first-order valence-corrected chi connectivity index (χ1v) is 13.9. The van der Waals surface area contributed by atoms with Gasteiger partial charge in [0, 0.05) is 23.6 Å². The molecule has 0 radical (unpaired) electrons. The molecule has 1 heterocycles. The van der Waals surface area contributed by atoms with Crippen molar-refractivity contribution in [2.24, 2.45) is 0 Å². The van der Waals surface area contributed by atoms with E-state index in [1.165, 1.54) is 18.2 Å². The second-order valence-electron chi connectivity index (χ2n) is 10.1. The molecule has 3 N–H and O–H groups in total. The summed E-state index contributed by atoms with van der Waals surface area (Å²) < 4.78 is 35.9. The number of aromatic nitrogens is 2. The second kappa shape index (κ2) is 15.2. The summed E-state index contributed by atoms with van der Waals surface area (Å²) in [4.78, 5) is 66.6. The Balaban J connectivity index is 0.000000295. The molecule has 50 heavy (non-hydrogen) atoms. The minimum Gasteiger partial charge on any atom is -0.477 e. The van der Waals surface area contributed by atoms with Crippen LogP contribution in [0, 0.1) is 31.9 Å². The third-order valence-electron chi connectivity index (χ3n) is 6.90. The molecule has 0 saturated carbocycles. The van der Waals surface area contributed by atoms with E-state index >= 15 is 0 Å². The Morgan fingerprint density at radius 2 is 1.32 bits per heavy atom. The number of fused-ring (bicyclic) bond motifs is 1. The second-order valence-corrected chi connectivity index (χ2v) is 10.1. The van der Waals surface area contributed by atoms with Crippen molar-refractivity contribution in [2.75, 3.05) is 19.5 Å². The summed E-state index contributed by atoms with van der Waals surface area (Å²) in [5, 5.41) is 40.5. The van der Waals surface area contributed by atoms with Gasteiger partial charge in [-0.15, -0.1) is 0 Å². The maximum atomic E-state index is 13.5. The third kappa shape index (κ3) is 8.23. The maximum Gasteiger partial charge on any atom is 0.342 e. The molecule has 0 atom stereocenters. The van der Waals surface area contributed by atoms with Crippen LogP contribution in [0.15, 0.2) is 72.8 Å². The van der Waals surface area contributed by atoms with E-state index < -0.39 is 62.2 Å². The lowest BCUT2D eigenvalue weighted by Gasteiger charge is -2.07. The number of nitrogens with zero attached hydrogens (tertiary/aromatic N) is 3. The van der Waals surface area contributed by atoms with Gasteiger partial charge in [0.1, 0.15) is 22.8 Å². The largest absolute Gasteiger partial charge is 0.477 e. The van der Waals surface area contributed by atoms with Crippen LogP contribution >= 0.6 is 0 Å². The van der Waals surface area contributed by atoms with Crippen LogP contribution in [0.1, 0.15) is 52.6 Å². The molecule has 1 aromatic heterocycles. The van der Waals surface area contributed by atoms with Gasteiger partial charge in [-0.25, -0.2) is 23.2 Å². The molecule has 18 heteroatoms. The topological polar surface area (TPSA) is 234 Å². The van der Waals surface area contributed by atoms with Gasteiger partial charge in [-0.1, -0.05) is 6.07 Å². The number of hydrogen-bond donors (Lipinski definition) is 3. The van der Waals surface area contributed by atoms with Gasteiger partial charge in [0.05, 0.1) is 40.7 Å². The standard InChI is InChI=1S/C23H16F2N4O5.C9H7NO6/c1-34-23(31)14-3-4-17(20(10-14)29(32)33)22(30)26-21-18-9-12(2-5-19(18)27-28-21)6-13-7-15(24)11-16(25)8-13;1-16-9(13)5-2-3-6(8(11)12)7(4-5)10(14)15/h2-5,7-11H,6H2,1H3,(H2,26,27,28,30);2-4H,1H3,(H,11,12). The van der Waals surface area contributed by atoms with Crippen LogP contribution in [0.25, 0.3) is 10.9 Å². The lowest BCUT2D eigenvalue weighted by Crippen LogP contribution is -2.15. The number of benzene rings is 4. The first-order valence-electron chi connectivity index (χ1n) is 13.9. The quantitative estimate of drug-likeness (QED) is 0.0993. The number of amides is 1. The Kier molecular flexibility index (Phi) is 10.9. The van der Waals surface area contributed by atoms with Crippen LogP contribution in [0.5, 0.6) is 0 Å². The molecule has 0 aliphatic carbocycles. The highest BCUT2D eigenvalue weighted by atomic mass is 19.1. The van der Waals surface area contributed by atoms with Crippen molar-refractivity contribution in [2.45, 2.75) is 6.42 Å². The minimum atomic E-state index is -1.43. The molecule has 16 nitrogen and oxygen atoms in total. The van der Waals surface area contributed by atoms with Gasteiger partial charge in [-0.05, 0) is 66.1 Å². The van der Waals surface area contributed by atoms with Crippen LogP contribution in [0.3, 0.4) is 0 Å². The smallest absolute Gasteiger partial charge is 0.342 e. The Labute approximate surface area is 278 Å². The molecule has 0 fully saturated rings. The van der Waals surface area contributed by atoms with Crippen molar-refractivity contribution in [3.63, 3.8) is 0 Å². The SMILES string of the molecule is COC(=O)c1ccc(C(=O)Nc2n[nH]c3ccc(Cc4cc(F)cc(F)c4)cc23)c([N+](=O)[O-])c1.COC(=O)c1ccc(C(=O)O)c([N+](=O)[O-])c1. The lowest BCUT2D eigenvalue weighted by atomic mass is 10.0. The summed E-state index contributed by atoms with van der Waals surface area (Å²) in [6, 6.07) is 14.7. The Morgan fingerprint density at radius 1 is 0.780 bits per heavy atom. The van der Waals surface area contributed by atoms with Crippen molar-refractivity contribution < 1.29 is 52.4 Å². The number of nitro benzene ring substituents is 2. The van der Waals surface area contributed by atoms with Crippen LogP contribution in [0.4, 0.5) is 26.0 Å². The number of carboxylic acids is 1. The number of H-pyrrole nitrogens is 1. The number of carboxylic acid groups (broad SMARTS) is 1. The molecule has 256 valence electrons. The molecular weight excluding hydrogens is 668 g/mol. The number of hydrogen-bond acceptors (Lipinski definition) is 11. The van der Waals surface area contributed by atoms with E-state index in [-0.39, 0.29) is 28.9 Å². The van der Waals surface area contributed by atoms with Crippen LogP contribution in [-0.4, -0.2) is 63.2 Å². The fourth-order valence-electron chi connectivity index (χ4n) is 4.62. The minimum absolute atomic E-state index is 0.0702. The molecule has 1 amide bonds. The first kappa shape index (κ1) is 35.7. The first-order chi connectivity index (χ1) is 23.7. The predicted octanol–water partition coefficient (Wildman–Crippen LogP) is 5.46. The fraction of sp³-hybridized carbons (Fsp3) is 0.0938. The number of nitrogens with one attached hydrogen (secondary N) is 2. The molecule has 0 aliphatic heterocycles. The summed E-state index contributed by atoms with van der Waals surface area (Å²) in [5.74, 6) is -5.05. The van der Waals surface area contributed by atoms with Crippen LogP contribution < -0.4 is 5.32 Å². The maximum absolute atomic E-state index is 13.5. The van der Waals surface area contributed by atoms with Crippen molar-refractivity contribution in [1.29, 1.82) is 0 Å². The Hall–Kier alpha value is -7.11. The number of nitro groups is 2. The van der Waals surface area contributed by atoms with E-state index in [1.54, 1.807) is 18.2 Å². The van der Waals surface area contributed by atoms with Crippen LogP contribution in [-0.2, 0) is 15.9 Å². The van der Waals surface area contributed by atoms with Gasteiger partial charge in [0.2, 0.25) is 0 Å². The number of rotatable bonds is 9. The molecule has 0 saturated heterocycles. The normalized spacial score (nSPS) is 10.4. The molecule has 0 aliphatic rings. The van der Waals surface area contributed by atoms with E-state index in [2.05, 4.69) is 25.0 Å². The summed E-state index contributed by atoms with van der Waals surface area (Å²) in [6.45, 7) is 0. The Bertz CT molecular complexity index is 2170. The number of anilines is 1. The molecule has 5 rings (SSSR count). The van der Waals surface area contributed by atoms with Gasteiger partial charge < -0.3 is 19.9 Å². The molecular formula is C32H23F2N5O11. The number of methoxy groups -OCH3 is 2. The highest BCUT2D eigenvalue weighted by Crippen LogP contribution is 2.27. The summed E-state index contributed by atoms with van der Waals surface area (Å²) in [7, 11) is 2.26. The van der Waals surface area contributed by atoms with Gasteiger partial charge in [-0.3, -0.25) is 30.1 Å². The van der Waals surface area contributed by atoms with Gasteiger partial charge >= 0.3 is 17.9 Å².